The molecule has 0 aliphatic rings. The van der Waals surface area contributed by atoms with E-state index in [1.807, 2.05) is 18.2 Å². The van der Waals surface area contributed by atoms with Crippen LogP contribution in [0.5, 0.6) is 5.75 Å². The summed E-state index contributed by atoms with van der Waals surface area (Å²) in [5, 5.41) is 8.32. The van der Waals surface area contributed by atoms with E-state index < -0.39 is 10.0 Å². The molecular formula is C22H18Cl2N4O3S. The van der Waals surface area contributed by atoms with Crippen LogP contribution in [0, 0.1) is 0 Å². The molecule has 0 atom stereocenters. The molecule has 0 saturated carbocycles. The van der Waals surface area contributed by atoms with Gasteiger partial charge in [-0.2, -0.15) is 13.4 Å². The number of hydrogen-bond donors (Lipinski definition) is 1. The van der Waals surface area contributed by atoms with Crippen LogP contribution in [0.2, 0.25) is 10.0 Å². The van der Waals surface area contributed by atoms with Crippen LogP contribution < -0.4 is 10.1 Å². The van der Waals surface area contributed by atoms with Gasteiger partial charge in [0.2, 0.25) is 5.95 Å². The minimum atomic E-state index is -4.04. The van der Waals surface area contributed by atoms with Crippen molar-refractivity contribution in [3.8, 4) is 17.1 Å². The van der Waals surface area contributed by atoms with Gasteiger partial charge >= 0.3 is 0 Å². The van der Waals surface area contributed by atoms with Gasteiger partial charge in [0.25, 0.3) is 10.0 Å². The van der Waals surface area contributed by atoms with Gasteiger partial charge in [0.05, 0.1) is 12.0 Å². The molecule has 1 heterocycles. The lowest BCUT2D eigenvalue weighted by molar-refractivity contribution is 0.415. The minimum Gasteiger partial charge on any atom is -0.497 e. The summed E-state index contributed by atoms with van der Waals surface area (Å²) in [6.45, 7) is 0.260. The van der Waals surface area contributed by atoms with Crippen molar-refractivity contribution in [2.24, 2.45) is 0 Å². The maximum absolute atomic E-state index is 13.3. The molecule has 4 aromatic rings. The molecule has 32 heavy (non-hydrogen) atoms. The number of hydrogen-bond acceptors (Lipinski definition) is 6. The third-order valence-electron chi connectivity index (χ3n) is 4.66. The fourth-order valence-electron chi connectivity index (χ4n) is 2.96. The molecule has 7 nitrogen and oxygen atoms in total. The van der Waals surface area contributed by atoms with Crippen molar-refractivity contribution in [2.75, 3.05) is 12.4 Å². The van der Waals surface area contributed by atoms with E-state index in [0.717, 1.165) is 9.65 Å². The summed E-state index contributed by atoms with van der Waals surface area (Å²) in [6.07, 6.45) is 0. The summed E-state index contributed by atoms with van der Waals surface area (Å²) >= 11 is 12.2. The standard InChI is InChI=1S/C22H18Cl2N4O3S/c1-31-18-10-6-15(7-11-18)21-26-22(25-14-16-4-2-3-5-20(16)24)28(27-21)32(29,30)19-12-8-17(23)9-13-19/h2-13H,14H2,1H3,(H,25,26,27). The van der Waals surface area contributed by atoms with E-state index in [9.17, 15) is 8.42 Å². The van der Waals surface area contributed by atoms with Crippen LogP contribution in [0.4, 0.5) is 5.95 Å². The van der Waals surface area contributed by atoms with Crippen molar-refractivity contribution in [1.82, 2.24) is 14.2 Å². The second kappa shape index (κ2) is 9.20. The summed E-state index contributed by atoms with van der Waals surface area (Å²) < 4.78 is 32.7. The topological polar surface area (TPSA) is 86.1 Å². The average molecular weight is 489 g/mol. The summed E-state index contributed by atoms with van der Waals surface area (Å²) in [5.41, 5.74) is 1.43. The van der Waals surface area contributed by atoms with Crippen LogP contribution in [-0.4, -0.2) is 29.7 Å². The van der Waals surface area contributed by atoms with Gasteiger partial charge in [-0.3, -0.25) is 0 Å². The van der Waals surface area contributed by atoms with Gasteiger partial charge in [-0.05, 0) is 60.2 Å². The van der Waals surface area contributed by atoms with Gasteiger partial charge in [-0.1, -0.05) is 41.4 Å². The summed E-state index contributed by atoms with van der Waals surface area (Å²) in [5.74, 6) is 0.969. The highest BCUT2D eigenvalue weighted by molar-refractivity contribution is 7.90. The molecule has 0 fully saturated rings. The first-order valence-electron chi connectivity index (χ1n) is 9.48. The van der Waals surface area contributed by atoms with Crippen molar-refractivity contribution in [1.29, 1.82) is 0 Å². The number of nitrogens with zero attached hydrogens (tertiary/aromatic N) is 3. The quantitative estimate of drug-likeness (QED) is 0.388. The first-order chi connectivity index (χ1) is 15.4. The molecule has 1 N–H and O–H groups in total. The average Bonchev–Trinajstić information content (AvgIpc) is 3.24. The Hall–Kier alpha value is -3.07. The van der Waals surface area contributed by atoms with Crippen molar-refractivity contribution in [3.05, 3.63) is 88.4 Å². The van der Waals surface area contributed by atoms with Crippen molar-refractivity contribution in [2.45, 2.75) is 11.4 Å². The van der Waals surface area contributed by atoms with E-state index in [4.69, 9.17) is 27.9 Å². The SMILES string of the molecule is COc1ccc(-c2nc(NCc3ccccc3Cl)n(S(=O)(=O)c3ccc(Cl)cc3)n2)cc1. The molecule has 0 radical (unpaired) electrons. The molecule has 0 aliphatic carbocycles. The molecule has 0 bridgehead atoms. The fraction of sp³-hybridized carbons (Fsp3) is 0.0909. The predicted molar refractivity (Wildman–Crippen MR) is 125 cm³/mol. The number of ether oxygens (including phenoxy) is 1. The number of methoxy groups -OCH3 is 1. The second-order valence-electron chi connectivity index (χ2n) is 6.73. The molecule has 4 rings (SSSR count). The Kier molecular flexibility index (Phi) is 6.36. The first-order valence-corrected chi connectivity index (χ1v) is 11.7. The third-order valence-corrected chi connectivity index (χ3v) is 6.86. The molecule has 3 aromatic carbocycles. The van der Waals surface area contributed by atoms with Crippen molar-refractivity contribution < 1.29 is 13.2 Å². The Morgan fingerprint density at radius 1 is 0.969 bits per heavy atom. The van der Waals surface area contributed by atoms with Crippen LogP contribution in [0.3, 0.4) is 0 Å². The maximum atomic E-state index is 13.3. The molecule has 0 spiro atoms. The Labute approximate surface area is 195 Å². The lowest BCUT2D eigenvalue weighted by Crippen LogP contribution is -2.18. The molecule has 0 saturated heterocycles. The number of nitrogens with one attached hydrogen (secondary N) is 1. The number of anilines is 1. The molecule has 0 amide bonds. The Morgan fingerprint density at radius 3 is 2.31 bits per heavy atom. The highest BCUT2D eigenvalue weighted by atomic mass is 35.5. The highest BCUT2D eigenvalue weighted by Crippen LogP contribution is 2.26. The maximum Gasteiger partial charge on any atom is 0.286 e. The van der Waals surface area contributed by atoms with Gasteiger partial charge in [-0.25, -0.2) is 0 Å². The zero-order valence-electron chi connectivity index (χ0n) is 16.9. The second-order valence-corrected chi connectivity index (χ2v) is 9.35. The van der Waals surface area contributed by atoms with Crippen LogP contribution in [-0.2, 0) is 16.6 Å². The van der Waals surface area contributed by atoms with E-state index >= 15 is 0 Å². The molecule has 10 heteroatoms. The molecular weight excluding hydrogens is 471 g/mol. The Bertz CT molecular complexity index is 1340. The van der Waals surface area contributed by atoms with E-state index in [2.05, 4.69) is 15.4 Å². The lowest BCUT2D eigenvalue weighted by Gasteiger charge is -2.10. The molecule has 164 valence electrons. The minimum absolute atomic E-state index is 0.0360. The highest BCUT2D eigenvalue weighted by Gasteiger charge is 2.25. The fourth-order valence-corrected chi connectivity index (χ4v) is 4.48. The number of halogens is 2. The van der Waals surface area contributed by atoms with E-state index in [1.54, 1.807) is 37.4 Å². The van der Waals surface area contributed by atoms with E-state index in [-0.39, 0.29) is 23.2 Å². The van der Waals surface area contributed by atoms with Crippen LogP contribution >= 0.6 is 23.2 Å². The summed E-state index contributed by atoms with van der Waals surface area (Å²) in [4.78, 5) is 4.48. The Balaban J connectivity index is 1.76. The zero-order valence-corrected chi connectivity index (χ0v) is 19.2. The van der Waals surface area contributed by atoms with E-state index in [1.165, 1.54) is 24.3 Å². The normalized spacial score (nSPS) is 11.3. The van der Waals surface area contributed by atoms with Gasteiger partial charge in [-0.15, -0.1) is 9.19 Å². The van der Waals surface area contributed by atoms with Crippen molar-refractivity contribution >= 4 is 39.2 Å². The third kappa shape index (κ3) is 4.57. The summed E-state index contributed by atoms with van der Waals surface area (Å²) in [7, 11) is -2.47. The van der Waals surface area contributed by atoms with Gasteiger partial charge in [0.1, 0.15) is 5.75 Å². The summed E-state index contributed by atoms with van der Waals surface area (Å²) in [6, 6.07) is 20.1. The van der Waals surface area contributed by atoms with Gasteiger partial charge < -0.3 is 10.1 Å². The Morgan fingerprint density at radius 2 is 1.66 bits per heavy atom. The lowest BCUT2D eigenvalue weighted by atomic mass is 10.2. The zero-order chi connectivity index (χ0) is 22.7. The van der Waals surface area contributed by atoms with Crippen molar-refractivity contribution in [3.63, 3.8) is 0 Å². The smallest absolute Gasteiger partial charge is 0.286 e. The van der Waals surface area contributed by atoms with Gasteiger partial charge in [0, 0.05) is 22.2 Å². The molecule has 0 unspecified atom stereocenters. The van der Waals surface area contributed by atoms with Gasteiger partial charge in [0.15, 0.2) is 5.82 Å². The molecule has 0 aliphatic heterocycles. The first kappa shape index (κ1) is 22.1. The van der Waals surface area contributed by atoms with E-state index in [0.29, 0.717) is 21.4 Å². The number of benzene rings is 3. The predicted octanol–water partition coefficient (Wildman–Crippen LogP) is 5.11. The van der Waals surface area contributed by atoms with Crippen LogP contribution in [0.25, 0.3) is 11.4 Å². The van der Waals surface area contributed by atoms with Crippen LogP contribution in [0.15, 0.2) is 77.7 Å². The largest absolute Gasteiger partial charge is 0.497 e. The monoisotopic (exact) mass is 488 g/mol. The molecule has 1 aromatic heterocycles. The number of aromatic nitrogens is 3. The number of rotatable bonds is 7. The van der Waals surface area contributed by atoms with Crippen LogP contribution in [0.1, 0.15) is 5.56 Å².